The fourth-order valence-electron chi connectivity index (χ4n) is 5.05. The second-order valence-electron chi connectivity index (χ2n) is 9.03. The van der Waals surface area contributed by atoms with Gasteiger partial charge in [-0.05, 0) is 77.8 Å². The van der Waals surface area contributed by atoms with Crippen molar-refractivity contribution in [3.8, 4) is 11.1 Å². The topological polar surface area (TPSA) is 12.5 Å². The Morgan fingerprint density at radius 1 is 0.781 bits per heavy atom. The molecule has 0 aromatic heterocycles. The van der Waals surface area contributed by atoms with Crippen LogP contribution in [-0.4, -0.2) is 6.61 Å². The average Bonchev–Trinajstić information content (AvgIpc) is 3.67. The first-order valence-electron chi connectivity index (χ1n) is 11.5. The number of aryl methyl sites for hydroxylation is 1. The van der Waals surface area contributed by atoms with E-state index in [1.807, 2.05) is 36.4 Å². The zero-order valence-corrected chi connectivity index (χ0v) is 18.2. The fourth-order valence-corrected chi connectivity index (χ4v) is 5.05. The van der Waals surface area contributed by atoms with Gasteiger partial charge in [-0.2, -0.15) is 0 Å². The first-order chi connectivity index (χ1) is 15.5. The lowest BCUT2D eigenvalue weighted by molar-refractivity contribution is 0.374. The van der Waals surface area contributed by atoms with Gasteiger partial charge in [0.05, 0.1) is 6.61 Å². The summed E-state index contributed by atoms with van der Waals surface area (Å²) in [6, 6.07) is 16.4. The molecule has 0 spiro atoms. The number of ether oxygens (including phenoxy) is 1. The van der Waals surface area contributed by atoms with E-state index in [0.29, 0.717) is 23.3 Å². The molecule has 1 unspecified atom stereocenters. The highest BCUT2D eigenvalue weighted by Crippen LogP contribution is 2.43. The molecule has 3 aromatic carbocycles. The predicted molar refractivity (Wildman–Crippen MR) is 120 cm³/mol. The first-order valence-corrected chi connectivity index (χ1v) is 11.5. The molecule has 1 saturated carbocycles. The molecule has 2 aliphatic rings. The third kappa shape index (κ3) is 4.09. The van der Waals surface area contributed by atoms with Crippen LogP contribution in [0.15, 0.2) is 54.6 Å². The van der Waals surface area contributed by atoms with Gasteiger partial charge in [0.25, 0.3) is 0 Å². The molecule has 32 heavy (non-hydrogen) atoms. The normalized spacial score (nSPS) is 22.7. The summed E-state index contributed by atoms with van der Waals surface area (Å²) in [6.45, 7) is 2.72. The second-order valence-corrected chi connectivity index (χ2v) is 9.03. The maximum Gasteiger partial charge on any atom is 0.166 e. The van der Waals surface area contributed by atoms with E-state index in [0.717, 1.165) is 48.8 Å². The van der Waals surface area contributed by atoms with E-state index in [9.17, 15) is 8.78 Å². The Kier molecular flexibility index (Phi) is 5.81. The van der Waals surface area contributed by atoms with Crippen molar-refractivity contribution in [1.29, 1.82) is 0 Å². The summed E-state index contributed by atoms with van der Waals surface area (Å²) in [4.78, 5) is 0. The van der Waals surface area contributed by atoms with E-state index in [-0.39, 0.29) is 23.8 Å². The second kappa shape index (κ2) is 8.74. The van der Waals surface area contributed by atoms with Crippen LogP contribution in [0.5, 0.6) is 0 Å². The zero-order valence-electron chi connectivity index (χ0n) is 18.2. The summed E-state index contributed by atoms with van der Waals surface area (Å²) in [5, 5.41) is 0. The Balaban J connectivity index is 1.30. The maximum absolute atomic E-state index is 15.0. The molecule has 1 heterocycles. The molecule has 166 valence electrons. The van der Waals surface area contributed by atoms with Crippen molar-refractivity contribution in [3.63, 3.8) is 0 Å². The molecule has 3 aromatic rings. The molecule has 2 fully saturated rings. The van der Waals surface area contributed by atoms with Crippen LogP contribution in [0, 0.1) is 17.5 Å². The van der Waals surface area contributed by atoms with Crippen LogP contribution in [0.2, 0.25) is 0 Å². The van der Waals surface area contributed by atoms with Crippen molar-refractivity contribution in [2.75, 3.05) is 6.61 Å². The molecule has 0 bridgehead atoms. The first kappa shape index (κ1) is 21.3. The van der Waals surface area contributed by atoms with Gasteiger partial charge >= 0.3 is 0 Å². The van der Waals surface area contributed by atoms with Gasteiger partial charge in [0.15, 0.2) is 11.6 Å². The third-order valence-electron chi connectivity index (χ3n) is 7.12. The maximum atomic E-state index is 15.0. The van der Waals surface area contributed by atoms with Crippen LogP contribution >= 0.6 is 0 Å². The number of benzene rings is 3. The highest BCUT2D eigenvalue weighted by molar-refractivity contribution is 5.65. The summed E-state index contributed by atoms with van der Waals surface area (Å²) in [5.41, 5.74) is 4.20. The lowest BCUT2D eigenvalue weighted by Gasteiger charge is -2.30. The fraction of sp³-hybridized carbons (Fsp3) is 0.357. The third-order valence-corrected chi connectivity index (χ3v) is 7.12. The van der Waals surface area contributed by atoms with Crippen molar-refractivity contribution in [1.82, 2.24) is 0 Å². The highest BCUT2D eigenvalue weighted by Gasteiger charge is 2.30. The smallest absolute Gasteiger partial charge is 0.166 e. The average molecular weight is 437 g/mol. The molecule has 0 amide bonds. The number of halogens is 3. The molecule has 1 aliphatic heterocycles. The van der Waals surface area contributed by atoms with Crippen LogP contribution in [0.25, 0.3) is 11.1 Å². The number of rotatable bonds is 5. The summed E-state index contributed by atoms with van der Waals surface area (Å²) in [5.74, 6) is -1.63. The molecule has 1 aliphatic carbocycles. The van der Waals surface area contributed by atoms with E-state index >= 15 is 4.39 Å². The Hall–Kier alpha value is -2.59. The van der Waals surface area contributed by atoms with E-state index in [1.165, 1.54) is 0 Å². The van der Waals surface area contributed by atoms with E-state index in [2.05, 4.69) is 6.92 Å². The van der Waals surface area contributed by atoms with Gasteiger partial charge in [0.1, 0.15) is 11.9 Å². The van der Waals surface area contributed by atoms with Gasteiger partial charge in [0, 0.05) is 5.56 Å². The van der Waals surface area contributed by atoms with Crippen molar-refractivity contribution < 1.29 is 17.9 Å². The summed E-state index contributed by atoms with van der Waals surface area (Å²) in [7, 11) is 0. The van der Waals surface area contributed by atoms with Gasteiger partial charge in [0.2, 0.25) is 0 Å². The molecule has 0 radical (unpaired) electrons. The molecule has 5 rings (SSSR count). The zero-order chi connectivity index (χ0) is 22.2. The van der Waals surface area contributed by atoms with Crippen LogP contribution in [0.1, 0.15) is 72.8 Å². The molecule has 1 saturated heterocycles. The number of hydrogen-bond acceptors (Lipinski definition) is 1. The van der Waals surface area contributed by atoms with Crippen LogP contribution in [0.4, 0.5) is 13.2 Å². The van der Waals surface area contributed by atoms with Gasteiger partial charge in [-0.25, -0.2) is 13.2 Å². The molecule has 0 N–H and O–H groups in total. The summed E-state index contributed by atoms with van der Waals surface area (Å²) >= 11 is 0. The minimum Gasteiger partial charge on any atom is -0.368 e. The largest absolute Gasteiger partial charge is 0.368 e. The van der Waals surface area contributed by atoms with E-state index < -0.39 is 11.6 Å². The van der Waals surface area contributed by atoms with Crippen LogP contribution in [0.3, 0.4) is 0 Å². The Morgan fingerprint density at radius 3 is 2.00 bits per heavy atom. The lowest BCUT2D eigenvalue weighted by Crippen LogP contribution is -2.15. The van der Waals surface area contributed by atoms with Gasteiger partial charge < -0.3 is 4.74 Å². The summed E-state index contributed by atoms with van der Waals surface area (Å²) < 4.78 is 49.9. The molecule has 1 nitrogen and oxygen atoms in total. The van der Waals surface area contributed by atoms with Crippen molar-refractivity contribution in [3.05, 3.63) is 94.3 Å². The van der Waals surface area contributed by atoms with Crippen LogP contribution in [-0.2, 0) is 11.2 Å². The monoisotopic (exact) mass is 436 g/mol. The predicted octanol–water partition coefficient (Wildman–Crippen LogP) is 7.85. The number of epoxide rings is 1. The van der Waals surface area contributed by atoms with Gasteiger partial charge in [-0.1, -0.05) is 55.5 Å². The van der Waals surface area contributed by atoms with E-state index in [1.54, 1.807) is 18.2 Å². The van der Waals surface area contributed by atoms with E-state index in [4.69, 9.17) is 4.74 Å². The summed E-state index contributed by atoms with van der Waals surface area (Å²) in [6.07, 6.45) is 3.92. The molecule has 1 atom stereocenters. The molecular weight excluding hydrogens is 409 g/mol. The quantitative estimate of drug-likeness (QED) is 0.371. The Bertz CT molecular complexity index is 1110. The molecule has 4 heteroatoms. The van der Waals surface area contributed by atoms with Gasteiger partial charge in [-0.15, -0.1) is 0 Å². The minimum absolute atomic E-state index is 0.0414. The van der Waals surface area contributed by atoms with Crippen molar-refractivity contribution in [2.45, 2.75) is 57.0 Å². The minimum atomic E-state index is -0.780. The lowest BCUT2D eigenvalue weighted by atomic mass is 9.75. The number of hydrogen-bond donors (Lipinski definition) is 0. The van der Waals surface area contributed by atoms with Crippen molar-refractivity contribution >= 4 is 0 Å². The Morgan fingerprint density at radius 2 is 1.41 bits per heavy atom. The van der Waals surface area contributed by atoms with Crippen LogP contribution < -0.4 is 0 Å². The Labute approximate surface area is 187 Å². The molecular formula is C28H27F3O. The SMILES string of the molecule is CCc1ccc(-c2ccc(C3CCC(c4ccc(C5CO5)cc4F)CC3)c(F)c2F)cc1. The van der Waals surface area contributed by atoms with Crippen molar-refractivity contribution in [2.24, 2.45) is 0 Å². The highest BCUT2D eigenvalue weighted by atomic mass is 19.2. The van der Waals surface area contributed by atoms with Gasteiger partial charge in [-0.3, -0.25) is 0 Å². The standard InChI is InChI=1S/C28H27F3O/c1-2-17-3-5-19(6-4-17)23-13-14-24(28(31)27(23)30)20-9-7-18(8-10-20)22-12-11-21(15-25(22)29)26-16-32-26/h3-6,11-15,18,20,26H,2,7-10,16H2,1H3.